The lowest BCUT2D eigenvalue weighted by molar-refractivity contribution is 0.0108. The van der Waals surface area contributed by atoms with Gasteiger partial charge in [-0.05, 0) is 59.8 Å². The Bertz CT molecular complexity index is 367. The van der Waals surface area contributed by atoms with Crippen molar-refractivity contribution in [2.75, 3.05) is 19.7 Å². The molecule has 2 heterocycles. The number of rotatable bonds is 2. The zero-order valence-electron chi connectivity index (χ0n) is 14.6. The van der Waals surface area contributed by atoms with Crippen LogP contribution in [-0.4, -0.2) is 54.5 Å². The van der Waals surface area contributed by atoms with Gasteiger partial charge in [-0.1, -0.05) is 0 Å². The fourth-order valence-corrected chi connectivity index (χ4v) is 3.25. The lowest BCUT2D eigenvalue weighted by atomic mass is 10.0. The van der Waals surface area contributed by atoms with Gasteiger partial charge < -0.3 is 19.7 Å². The third kappa shape index (κ3) is 5.76. The van der Waals surface area contributed by atoms with E-state index in [9.17, 15) is 4.79 Å². The number of nitrogens with zero attached hydrogens (tertiary/aromatic N) is 1. The predicted octanol–water partition coefficient (Wildman–Crippen LogP) is 2.93. The minimum atomic E-state index is -0.417. The second kappa shape index (κ2) is 7.64. The number of carbonyl (C=O) groups excluding carboxylic acids is 1. The van der Waals surface area contributed by atoms with E-state index in [0.29, 0.717) is 18.2 Å². The van der Waals surface area contributed by atoms with Crippen molar-refractivity contribution >= 4 is 6.09 Å². The Morgan fingerprint density at radius 1 is 1.18 bits per heavy atom. The third-order valence-corrected chi connectivity index (χ3v) is 4.34. The topological polar surface area (TPSA) is 50.8 Å². The Labute approximate surface area is 134 Å². The molecule has 0 aliphatic carbocycles. The van der Waals surface area contributed by atoms with E-state index in [1.165, 1.54) is 0 Å². The Hall–Kier alpha value is -0.810. The first-order valence-corrected chi connectivity index (χ1v) is 8.69. The zero-order valence-corrected chi connectivity index (χ0v) is 14.6. The standard InChI is InChI=1S/C17H32N2O3/c1-13-12-15(8-11-21-13)18-14-6-5-9-19(10-7-14)16(20)22-17(2,3)4/h13-15,18H,5-12H2,1-4H3. The molecule has 0 aromatic rings. The highest BCUT2D eigenvalue weighted by molar-refractivity contribution is 5.68. The Morgan fingerprint density at radius 2 is 1.95 bits per heavy atom. The van der Waals surface area contributed by atoms with E-state index in [0.717, 1.165) is 51.8 Å². The molecule has 0 radical (unpaired) electrons. The van der Waals surface area contributed by atoms with Crippen molar-refractivity contribution in [1.29, 1.82) is 0 Å². The van der Waals surface area contributed by atoms with Crippen molar-refractivity contribution < 1.29 is 14.3 Å². The number of hydrogen-bond donors (Lipinski definition) is 1. The molecule has 2 aliphatic heterocycles. The lowest BCUT2D eigenvalue weighted by Gasteiger charge is -2.31. The Kier molecular flexibility index (Phi) is 6.09. The summed E-state index contributed by atoms with van der Waals surface area (Å²) >= 11 is 0. The van der Waals surface area contributed by atoms with Gasteiger partial charge in [-0.2, -0.15) is 0 Å². The molecule has 0 aromatic heterocycles. The molecule has 0 bridgehead atoms. The monoisotopic (exact) mass is 312 g/mol. The van der Waals surface area contributed by atoms with Gasteiger partial charge in [0.15, 0.2) is 0 Å². The van der Waals surface area contributed by atoms with Crippen LogP contribution in [0.1, 0.15) is 59.8 Å². The minimum Gasteiger partial charge on any atom is -0.444 e. The second-order valence-corrected chi connectivity index (χ2v) is 7.66. The average molecular weight is 312 g/mol. The van der Waals surface area contributed by atoms with Gasteiger partial charge in [0.2, 0.25) is 0 Å². The Balaban J connectivity index is 1.78. The highest BCUT2D eigenvalue weighted by atomic mass is 16.6. The van der Waals surface area contributed by atoms with Crippen molar-refractivity contribution in [3.8, 4) is 0 Å². The molecule has 2 saturated heterocycles. The molecule has 5 nitrogen and oxygen atoms in total. The molecular weight excluding hydrogens is 280 g/mol. The van der Waals surface area contributed by atoms with Crippen LogP contribution in [0.3, 0.4) is 0 Å². The largest absolute Gasteiger partial charge is 0.444 e. The smallest absolute Gasteiger partial charge is 0.410 e. The molecule has 0 saturated carbocycles. The van der Waals surface area contributed by atoms with Crippen LogP contribution in [0.5, 0.6) is 0 Å². The van der Waals surface area contributed by atoms with Gasteiger partial charge in [0, 0.05) is 31.8 Å². The van der Waals surface area contributed by atoms with Crippen LogP contribution in [0.4, 0.5) is 4.79 Å². The quantitative estimate of drug-likeness (QED) is 0.852. The van der Waals surface area contributed by atoms with Gasteiger partial charge in [0.05, 0.1) is 6.10 Å². The molecule has 5 heteroatoms. The summed E-state index contributed by atoms with van der Waals surface area (Å²) in [5.41, 5.74) is -0.417. The van der Waals surface area contributed by atoms with Crippen LogP contribution in [-0.2, 0) is 9.47 Å². The molecule has 128 valence electrons. The van der Waals surface area contributed by atoms with Gasteiger partial charge in [-0.3, -0.25) is 0 Å². The van der Waals surface area contributed by atoms with Gasteiger partial charge in [0.25, 0.3) is 0 Å². The molecule has 3 unspecified atom stereocenters. The summed E-state index contributed by atoms with van der Waals surface area (Å²) < 4.78 is 11.1. The minimum absolute atomic E-state index is 0.173. The SMILES string of the molecule is CC1CC(NC2CCCN(C(=O)OC(C)(C)C)CC2)CCO1. The first kappa shape index (κ1) is 17.5. The zero-order chi connectivity index (χ0) is 16.2. The van der Waals surface area contributed by atoms with Gasteiger partial charge in [0.1, 0.15) is 5.60 Å². The number of hydrogen-bond acceptors (Lipinski definition) is 4. The van der Waals surface area contributed by atoms with Crippen molar-refractivity contribution in [1.82, 2.24) is 10.2 Å². The molecule has 1 amide bonds. The molecule has 0 spiro atoms. The first-order valence-electron chi connectivity index (χ1n) is 8.69. The lowest BCUT2D eigenvalue weighted by Crippen LogP contribution is -2.44. The number of carbonyl (C=O) groups is 1. The fourth-order valence-electron chi connectivity index (χ4n) is 3.25. The van der Waals surface area contributed by atoms with Crippen LogP contribution in [0.2, 0.25) is 0 Å². The van der Waals surface area contributed by atoms with Crippen LogP contribution in [0.15, 0.2) is 0 Å². The molecule has 22 heavy (non-hydrogen) atoms. The van der Waals surface area contributed by atoms with Crippen LogP contribution < -0.4 is 5.32 Å². The van der Waals surface area contributed by atoms with Crippen molar-refractivity contribution in [3.63, 3.8) is 0 Å². The summed E-state index contributed by atoms with van der Waals surface area (Å²) in [6.45, 7) is 10.3. The van der Waals surface area contributed by atoms with E-state index in [1.54, 1.807) is 0 Å². The summed E-state index contributed by atoms with van der Waals surface area (Å²) in [4.78, 5) is 14.0. The van der Waals surface area contributed by atoms with Crippen molar-refractivity contribution in [3.05, 3.63) is 0 Å². The highest BCUT2D eigenvalue weighted by Gasteiger charge is 2.27. The first-order chi connectivity index (χ1) is 10.3. The number of amides is 1. The van der Waals surface area contributed by atoms with E-state index in [2.05, 4.69) is 12.2 Å². The summed E-state index contributed by atoms with van der Waals surface area (Å²) in [5.74, 6) is 0. The van der Waals surface area contributed by atoms with Gasteiger partial charge in [-0.25, -0.2) is 4.79 Å². The molecular formula is C17H32N2O3. The summed E-state index contributed by atoms with van der Waals surface area (Å²) in [6.07, 6.45) is 5.54. The highest BCUT2D eigenvalue weighted by Crippen LogP contribution is 2.19. The fraction of sp³-hybridized carbons (Fsp3) is 0.941. The summed E-state index contributed by atoms with van der Waals surface area (Å²) in [7, 11) is 0. The maximum atomic E-state index is 12.2. The Morgan fingerprint density at radius 3 is 2.64 bits per heavy atom. The van der Waals surface area contributed by atoms with E-state index in [1.807, 2.05) is 25.7 Å². The molecule has 2 aliphatic rings. The summed E-state index contributed by atoms with van der Waals surface area (Å²) in [6, 6.07) is 1.06. The van der Waals surface area contributed by atoms with E-state index in [-0.39, 0.29) is 6.09 Å². The molecule has 3 atom stereocenters. The molecule has 0 aromatic carbocycles. The van der Waals surface area contributed by atoms with Crippen molar-refractivity contribution in [2.45, 2.75) is 83.6 Å². The van der Waals surface area contributed by atoms with Crippen LogP contribution >= 0.6 is 0 Å². The average Bonchev–Trinajstić information content (AvgIpc) is 2.62. The molecule has 2 fully saturated rings. The summed E-state index contributed by atoms with van der Waals surface area (Å²) in [5, 5.41) is 3.78. The number of likely N-dealkylation sites (tertiary alicyclic amines) is 1. The van der Waals surface area contributed by atoms with Crippen LogP contribution in [0.25, 0.3) is 0 Å². The van der Waals surface area contributed by atoms with E-state index in [4.69, 9.17) is 9.47 Å². The second-order valence-electron chi connectivity index (χ2n) is 7.66. The van der Waals surface area contributed by atoms with Crippen molar-refractivity contribution in [2.24, 2.45) is 0 Å². The van der Waals surface area contributed by atoms with Gasteiger partial charge >= 0.3 is 6.09 Å². The third-order valence-electron chi connectivity index (χ3n) is 4.34. The molecule has 2 rings (SSSR count). The molecule has 1 N–H and O–H groups in total. The maximum absolute atomic E-state index is 12.2. The normalized spacial score (nSPS) is 30.7. The van der Waals surface area contributed by atoms with E-state index >= 15 is 0 Å². The van der Waals surface area contributed by atoms with Crippen LogP contribution in [0, 0.1) is 0 Å². The van der Waals surface area contributed by atoms with Gasteiger partial charge in [-0.15, -0.1) is 0 Å². The number of ether oxygens (including phenoxy) is 2. The van der Waals surface area contributed by atoms with E-state index < -0.39 is 5.60 Å². The predicted molar refractivity (Wildman–Crippen MR) is 87.0 cm³/mol. The number of nitrogens with one attached hydrogen (secondary N) is 1. The maximum Gasteiger partial charge on any atom is 0.410 e.